The summed E-state index contributed by atoms with van der Waals surface area (Å²) in [7, 11) is 0. The molecule has 1 aliphatic heterocycles. The molecule has 2 rings (SSSR count). The molecule has 1 heterocycles. The van der Waals surface area contributed by atoms with Crippen molar-refractivity contribution in [1.29, 1.82) is 0 Å². The summed E-state index contributed by atoms with van der Waals surface area (Å²) in [5, 5.41) is 3.38. The summed E-state index contributed by atoms with van der Waals surface area (Å²) in [6.07, 6.45) is 6.15. The van der Waals surface area contributed by atoms with Crippen LogP contribution in [-0.2, 0) is 4.79 Å². The number of carbonyl (C=O) groups is 1. The van der Waals surface area contributed by atoms with E-state index in [1.807, 2.05) is 0 Å². The number of hydrogen-bond donors (Lipinski definition) is 2. The molecule has 1 amide bonds. The van der Waals surface area contributed by atoms with Crippen molar-refractivity contribution >= 4 is 5.91 Å². The standard InChI is InChI=1S/C16H31N3O/c1-16(2,3)12-5-4-9-19(10-8-12)11-14(15(17)20)18-13-6-7-13/h12-14,18H,4-11H2,1-3H3,(H2,17,20). The topological polar surface area (TPSA) is 58.4 Å². The normalized spacial score (nSPS) is 27.1. The number of nitrogens with one attached hydrogen (secondary N) is 1. The molecular weight excluding hydrogens is 250 g/mol. The first-order valence-electron chi connectivity index (χ1n) is 8.14. The van der Waals surface area contributed by atoms with Crippen LogP contribution in [0.15, 0.2) is 0 Å². The minimum atomic E-state index is -0.200. The zero-order valence-electron chi connectivity index (χ0n) is 13.3. The summed E-state index contributed by atoms with van der Waals surface area (Å²) in [4.78, 5) is 14.0. The molecule has 2 unspecified atom stereocenters. The van der Waals surface area contributed by atoms with E-state index in [-0.39, 0.29) is 11.9 Å². The Morgan fingerprint density at radius 1 is 1.25 bits per heavy atom. The summed E-state index contributed by atoms with van der Waals surface area (Å²) in [5.41, 5.74) is 5.93. The first kappa shape index (κ1) is 15.8. The van der Waals surface area contributed by atoms with Gasteiger partial charge in [0, 0.05) is 12.6 Å². The zero-order valence-corrected chi connectivity index (χ0v) is 13.3. The van der Waals surface area contributed by atoms with Crippen LogP contribution in [0.4, 0.5) is 0 Å². The molecule has 4 heteroatoms. The fraction of sp³-hybridized carbons (Fsp3) is 0.938. The highest BCUT2D eigenvalue weighted by molar-refractivity contribution is 5.80. The molecule has 0 spiro atoms. The lowest BCUT2D eigenvalue weighted by molar-refractivity contribution is -0.120. The summed E-state index contributed by atoms with van der Waals surface area (Å²) in [5.74, 6) is 0.587. The van der Waals surface area contributed by atoms with Gasteiger partial charge < -0.3 is 16.0 Å². The number of likely N-dealkylation sites (tertiary alicyclic amines) is 1. The minimum absolute atomic E-state index is 0.173. The molecule has 20 heavy (non-hydrogen) atoms. The van der Waals surface area contributed by atoms with Crippen molar-refractivity contribution in [3.63, 3.8) is 0 Å². The van der Waals surface area contributed by atoms with Gasteiger partial charge in [-0.05, 0) is 56.5 Å². The molecule has 1 aliphatic carbocycles. The van der Waals surface area contributed by atoms with Crippen LogP contribution >= 0.6 is 0 Å². The van der Waals surface area contributed by atoms with Gasteiger partial charge in [0.05, 0.1) is 6.04 Å². The first-order valence-corrected chi connectivity index (χ1v) is 8.14. The number of primary amides is 1. The maximum Gasteiger partial charge on any atom is 0.235 e. The van der Waals surface area contributed by atoms with E-state index < -0.39 is 0 Å². The van der Waals surface area contributed by atoms with Gasteiger partial charge in [0.15, 0.2) is 0 Å². The van der Waals surface area contributed by atoms with Crippen LogP contribution < -0.4 is 11.1 Å². The summed E-state index contributed by atoms with van der Waals surface area (Å²) in [6.45, 7) is 10.0. The van der Waals surface area contributed by atoms with E-state index in [0.717, 1.165) is 25.6 Å². The number of nitrogens with zero attached hydrogens (tertiary/aromatic N) is 1. The molecule has 0 aromatic heterocycles. The molecule has 3 N–H and O–H groups in total. The van der Waals surface area contributed by atoms with Crippen LogP contribution in [0.5, 0.6) is 0 Å². The number of rotatable bonds is 5. The van der Waals surface area contributed by atoms with Crippen molar-refractivity contribution in [2.45, 2.75) is 65.0 Å². The van der Waals surface area contributed by atoms with Gasteiger partial charge >= 0.3 is 0 Å². The Balaban J connectivity index is 1.84. The maximum absolute atomic E-state index is 11.6. The van der Waals surface area contributed by atoms with E-state index in [1.165, 1.54) is 32.1 Å². The highest BCUT2D eigenvalue weighted by Crippen LogP contribution is 2.34. The van der Waals surface area contributed by atoms with Crippen molar-refractivity contribution < 1.29 is 4.79 Å². The second-order valence-corrected chi connectivity index (χ2v) is 7.69. The van der Waals surface area contributed by atoms with E-state index in [9.17, 15) is 4.79 Å². The molecule has 0 aromatic rings. The maximum atomic E-state index is 11.6. The Kier molecular flexibility index (Phi) is 5.08. The zero-order chi connectivity index (χ0) is 14.8. The van der Waals surface area contributed by atoms with Gasteiger partial charge in [-0.2, -0.15) is 0 Å². The minimum Gasteiger partial charge on any atom is -0.368 e. The number of hydrogen-bond acceptors (Lipinski definition) is 3. The van der Waals surface area contributed by atoms with E-state index in [0.29, 0.717) is 11.5 Å². The van der Waals surface area contributed by atoms with Crippen LogP contribution in [0.3, 0.4) is 0 Å². The molecule has 116 valence electrons. The van der Waals surface area contributed by atoms with Gasteiger partial charge in [-0.25, -0.2) is 0 Å². The molecule has 2 atom stereocenters. The third-order valence-electron chi connectivity index (χ3n) is 4.84. The molecule has 2 fully saturated rings. The predicted octanol–water partition coefficient (Wildman–Crippen LogP) is 1.74. The van der Waals surface area contributed by atoms with E-state index >= 15 is 0 Å². The Labute approximate surface area is 123 Å². The first-order chi connectivity index (χ1) is 9.36. The highest BCUT2D eigenvalue weighted by atomic mass is 16.1. The average molecular weight is 281 g/mol. The largest absolute Gasteiger partial charge is 0.368 e. The van der Waals surface area contributed by atoms with Crippen LogP contribution in [0.2, 0.25) is 0 Å². The molecule has 1 saturated heterocycles. The summed E-state index contributed by atoms with van der Waals surface area (Å²) in [6, 6.07) is 0.357. The van der Waals surface area contributed by atoms with Gasteiger partial charge in [0.1, 0.15) is 0 Å². The van der Waals surface area contributed by atoms with Crippen molar-refractivity contribution in [3.05, 3.63) is 0 Å². The molecule has 2 aliphatic rings. The third-order valence-corrected chi connectivity index (χ3v) is 4.84. The third kappa shape index (κ3) is 4.74. The molecular formula is C16H31N3O. The van der Waals surface area contributed by atoms with Gasteiger partial charge in [-0.15, -0.1) is 0 Å². The molecule has 1 saturated carbocycles. The fourth-order valence-electron chi connectivity index (χ4n) is 3.22. The van der Waals surface area contributed by atoms with Crippen molar-refractivity contribution in [2.24, 2.45) is 17.1 Å². The quantitative estimate of drug-likeness (QED) is 0.807. The molecule has 4 nitrogen and oxygen atoms in total. The number of nitrogens with two attached hydrogens (primary N) is 1. The van der Waals surface area contributed by atoms with Crippen molar-refractivity contribution in [2.75, 3.05) is 19.6 Å². The Bertz CT molecular complexity index is 333. The molecule has 0 aromatic carbocycles. The lowest BCUT2D eigenvalue weighted by atomic mass is 9.77. The number of carbonyl (C=O) groups excluding carboxylic acids is 1. The van der Waals surface area contributed by atoms with E-state index in [2.05, 4.69) is 31.0 Å². The van der Waals surface area contributed by atoms with E-state index in [4.69, 9.17) is 5.73 Å². The lowest BCUT2D eigenvalue weighted by Crippen LogP contribution is -2.50. The summed E-state index contributed by atoms with van der Waals surface area (Å²) < 4.78 is 0. The average Bonchev–Trinajstić information content (AvgIpc) is 3.13. The van der Waals surface area contributed by atoms with Crippen molar-refractivity contribution in [3.8, 4) is 0 Å². The molecule has 0 radical (unpaired) electrons. The lowest BCUT2D eigenvalue weighted by Gasteiger charge is -2.30. The monoisotopic (exact) mass is 281 g/mol. The Hall–Kier alpha value is -0.610. The Morgan fingerprint density at radius 3 is 2.50 bits per heavy atom. The van der Waals surface area contributed by atoms with Crippen LogP contribution in [0.25, 0.3) is 0 Å². The fourth-order valence-corrected chi connectivity index (χ4v) is 3.22. The van der Waals surface area contributed by atoms with Crippen molar-refractivity contribution in [1.82, 2.24) is 10.2 Å². The van der Waals surface area contributed by atoms with Gasteiger partial charge in [0.25, 0.3) is 0 Å². The predicted molar refractivity (Wildman–Crippen MR) is 82.4 cm³/mol. The smallest absolute Gasteiger partial charge is 0.235 e. The second kappa shape index (κ2) is 6.44. The van der Waals surface area contributed by atoms with Crippen LogP contribution in [0.1, 0.15) is 52.9 Å². The summed E-state index contributed by atoms with van der Waals surface area (Å²) >= 11 is 0. The van der Waals surface area contributed by atoms with Gasteiger partial charge in [0.2, 0.25) is 5.91 Å². The second-order valence-electron chi connectivity index (χ2n) is 7.69. The van der Waals surface area contributed by atoms with E-state index in [1.54, 1.807) is 0 Å². The highest BCUT2D eigenvalue weighted by Gasteiger charge is 2.31. The van der Waals surface area contributed by atoms with Crippen LogP contribution in [-0.4, -0.2) is 42.5 Å². The molecule has 0 bridgehead atoms. The number of amides is 1. The van der Waals surface area contributed by atoms with Gasteiger partial charge in [-0.3, -0.25) is 4.79 Å². The SMILES string of the molecule is CC(C)(C)C1CCCN(CC(NC2CC2)C(N)=O)CC1. The Morgan fingerprint density at radius 2 is 1.95 bits per heavy atom. The van der Waals surface area contributed by atoms with Gasteiger partial charge in [-0.1, -0.05) is 20.8 Å². The van der Waals surface area contributed by atoms with Crippen LogP contribution in [0, 0.1) is 11.3 Å².